The Labute approximate surface area is 105 Å². The Morgan fingerprint density at radius 1 is 1.29 bits per heavy atom. The van der Waals surface area contributed by atoms with Gasteiger partial charge in [-0.15, -0.1) is 0 Å². The smallest absolute Gasteiger partial charge is 0.228 e. The summed E-state index contributed by atoms with van der Waals surface area (Å²) >= 11 is 0. The maximum atomic E-state index is 12.3. The van der Waals surface area contributed by atoms with Crippen molar-refractivity contribution in [2.75, 3.05) is 32.7 Å². The average Bonchev–Trinajstić information content (AvgIpc) is 2.37. The van der Waals surface area contributed by atoms with Gasteiger partial charge in [0.25, 0.3) is 0 Å². The van der Waals surface area contributed by atoms with Gasteiger partial charge >= 0.3 is 0 Å². The van der Waals surface area contributed by atoms with Gasteiger partial charge in [-0.2, -0.15) is 0 Å². The van der Waals surface area contributed by atoms with Crippen molar-refractivity contribution in [2.24, 2.45) is 11.1 Å². The van der Waals surface area contributed by atoms with Gasteiger partial charge in [0.05, 0.1) is 0 Å². The average molecular weight is 241 g/mol. The van der Waals surface area contributed by atoms with Gasteiger partial charge in [-0.1, -0.05) is 20.8 Å². The molecule has 1 fully saturated rings. The van der Waals surface area contributed by atoms with Crippen LogP contribution in [0.15, 0.2) is 0 Å². The van der Waals surface area contributed by atoms with E-state index in [0.717, 1.165) is 32.6 Å². The molecule has 1 saturated heterocycles. The lowest BCUT2D eigenvalue weighted by molar-refractivity contribution is -0.142. The lowest BCUT2D eigenvalue weighted by atomic mass is 9.88. The predicted molar refractivity (Wildman–Crippen MR) is 70.7 cm³/mol. The third-order valence-electron chi connectivity index (χ3n) is 4.03. The van der Waals surface area contributed by atoms with Gasteiger partial charge in [0, 0.05) is 44.2 Å². The number of hydrogen-bond donors (Lipinski definition) is 1. The van der Waals surface area contributed by atoms with E-state index in [2.05, 4.69) is 18.7 Å². The fraction of sp³-hybridized carbons (Fsp3) is 0.923. The highest BCUT2D eigenvalue weighted by Gasteiger charge is 2.32. The minimum absolute atomic E-state index is 0.221. The van der Waals surface area contributed by atoms with Gasteiger partial charge in [-0.05, 0) is 13.3 Å². The summed E-state index contributed by atoms with van der Waals surface area (Å²) in [6.45, 7) is 12.5. The van der Waals surface area contributed by atoms with Crippen molar-refractivity contribution in [3.05, 3.63) is 0 Å². The largest absolute Gasteiger partial charge is 0.340 e. The van der Waals surface area contributed by atoms with Crippen LogP contribution < -0.4 is 5.73 Å². The zero-order valence-corrected chi connectivity index (χ0v) is 11.7. The second-order valence-corrected chi connectivity index (χ2v) is 5.65. The van der Waals surface area contributed by atoms with Gasteiger partial charge in [0.15, 0.2) is 0 Å². The number of piperazine rings is 1. The minimum atomic E-state index is -0.221. The van der Waals surface area contributed by atoms with Crippen molar-refractivity contribution in [3.8, 4) is 0 Å². The van der Waals surface area contributed by atoms with Gasteiger partial charge in [0.1, 0.15) is 0 Å². The standard InChI is InChI=1S/C13H27N3O/c1-5-13(3,4)12(17)16-8-6-15(7-9-16)11(2)10-14/h11H,5-10,14H2,1-4H3. The molecular formula is C13H27N3O. The van der Waals surface area contributed by atoms with Crippen molar-refractivity contribution in [1.82, 2.24) is 9.80 Å². The first-order valence-corrected chi connectivity index (χ1v) is 6.66. The summed E-state index contributed by atoms with van der Waals surface area (Å²) in [6, 6.07) is 0.423. The number of nitrogens with two attached hydrogens (primary N) is 1. The summed E-state index contributed by atoms with van der Waals surface area (Å²) < 4.78 is 0. The molecule has 0 saturated carbocycles. The number of rotatable bonds is 4. The Hall–Kier alpha value is -0.610. The van der Waals surface area contributed by atoms with Crippen LogP contribution in [-0.2, 0) is 4.79 Å². The first-order valence-electron chi connectivity index (χ1n) is 6.66. The topological polar surface area (TPSA) is 49.6 Å². The van der Waals surface area contributed by atoms with Crippen LogP contribution in [0.2, 0.25) is 0 Å². The van der Waals surface area contributed by atoms with E-state index in [9.17, 15) is 4.79 Å². The van der Waals surface area contributed by atoms with Crippen LogP contribution in [-0.4, -0.2) is 54.5 Å². The molecule has 4 heteroatoms. The maximum Gasteiger partial charge on any atom is 0.228 e. The minimum Gasteiger partial charge on any atom is -0.340 e. The number of amides is 1. The molecule has 0 aliphatic carbocycles. The highest BCUT2D eigenvalue weighted by Crippen LogP contribution is 2.23. The monoisotopic (exact) mass is 241 g/mol. The molecule has 1 heterocycles. The first kappa shape index (κ1) is 14.5. The van der Waals surface area contributed by atoms with E-state index in [1.54, 1.807) is 0 Å². The Balaban J connectivity index is 2.50. The lowest BCUT2D eigenvalue weighted by Gasteiger charge is -2.40. The van der Waals surface area contributed by atoms with Crippen LogP contribution >= 0.6 is 0 Å². The lowest BCUT2D eigenvalue weighted by Crippen LogP contribution is -2.55. The van der Waals surface area contributed by atoms with E-state index in [1.165, 1.54) is 0 Å². The van der Waals surface area contributed by atoms with Gasteiger partial charge in [0.2, 0.25) is 5.91 Å². The van der Waals surface area contributed by atoms with Gasteiger partial charge in [-0.3, -0.25) is 9.69 Å². The van der Waals surface area contributed by atoms with Crippen LogP contribution in [0.5, 0.6) is 0 Å². The fourth-order valence-electron chi connectivity index (χ4n) is 2.09. The van der Waals surface area contributed by atoms with Crippen LogP contribution in [0.25, 0.3) is 0 Å². The number of nitrogens with zero attached hydrogens (tertiary/aromatic N) is 2. The highest BCUT2D eigenvalue weighted by molar-refractivity contribution is 5.82. The molecule has 1 aliphatic rings. The summed E-state index contributed by atoms with van der Waals surface area (Å²) in [6.07, 6.45) is 0.894. The van der Waals surface area contributed by atoms with E-state index in [-0.39, 0.29) is 5.41 Å². The quantitative estimate of drug-likeness (QED) is 0.796. The zero-order valence-electron chi connectivity index (χ0n) is 11.7. The molecule has 0 aromatic rings. The predicted octanol–water partition coefficient (Wildman–Crippen LogP) is 0.914. The van der Waals surface area contributed by atoms with Crippen molar-refractivity contribution >= 4 is 5.91 Å². The van der Waals surface area contributed by atoms with Crippen LogP contribution in [0.3, 0.4) is 0 Å². The van der Waals surface area contributed by atoms with E-state index in [1.807, 2.05) is 18.7 Å². The maximum absolute atomic E-state index is 12.3. The second kappa shape index (κ2) is 5.83. The molecule has 1 atom stereocenters. The molecule has 100 valence electrons. The Morgan fingerprint density at radius 3 is 2.24 bits per heavy atom. The number of carbonyl (C=O) groups excluding carboxylic acids is 1. The molecule has 1 rings (SSSR count). The van der Waals surface area contributed by atoms with E-state index < -0.39 is 0 Å². The molecule has 0 bridgehead atoms. The molecule has 1 aliphatic heterocycles. The first-order chi connectivity index (χ1) is 7.92. The molecule has 4 nitrogen and oxygen atoms in total. The van der Waals surface area contributed by atoms with E-state index in [0.29, 0.717) is 18.5 Å². The zero-order chi connectivity index (χ0) is 13.1. The molecule has 1 amide bonds. The molecular weight excluding hydrogens is 214 g/mol. The number of carbonyl (C=O) groups is 1. The Bertz CT molecular complexity index is 257. The van der Waals surface area contributed by atoms with Crippen molar-refractivity contribution in [3.63, 3.8) is 0 Å². The normalized spacial score (nSPS) is 20.4. The SMILES string of the molecule is CCC(C)(C)C(=O)N1CCN(C(C)CN)CC1. The summed E-state index contributed by atoms with van der Waals surface area (Å²) in [5, 5.41) is 0. The summed E-state index contributed by atoms with van der Waals surface area (Å²) in [7, 11) is 0. The van der Waals surface area contributed by atoms with Crippen LogP contribution in [0, 0.1) is 5.41 Å². The molecule has 0 radical (unpaired) electrons. The summed E-state index contributed by atoms with van der Waals surface area (Å²) in [4.78, 5) is 16.6. The molecule has 17 heavy (non-hydrogen) atoms. The fourth-order valence-corrected chi connectivity index (χ4v) is 2.09. The molecule has 0 aromatic carbocycles. The second-order valence-electron chi connectivity index (χ2n) is 5.65. The summed E-state index contributed by atoms with van der Waals surface area (Å²) in [5.41, 5.74) is 5.45. The molecule has 2 N–H and O–H groups in total. The summed E-state index contributed by atoms with van der Waals surface area (Å²) in [5.74, 6) is 0.292. The molecule has 0 spiro atoms. The van der Waals surface area contributed by atoms with Crippen LogP contribution in [0.4, 0.5) is 0 Å². The molecule has 1 unspecified atom stereocenters. The van der Waals surface area contributed by atoms with E-state index in [4.69, 9.17) is 5.73 Å². The Kier molecular flexibility index (Phi) is 4.95. The van der Waals surface area contributed by atoms with Crippen molar-refractivity contribution in [2.45, 2.75) is 40.2 Å². The van der Waals surface area contributed by atoms with Crippen LogP contribution in [0.1, 0.15) is 34.1 Å². The number of hydrogen-bond acceptors (Lipinski definition) is 3. The van der Waals surface area contributed by atoms with Gasteiger partial charge in [-0.25, -0.2) is 0 Å². The highest BCUT2D eigenvalue weighted by atomic mass is 16.2. The van der Waals surface area contributed by atoms with Crippen molar-refractivity contribution in [1.29, 1.82) is 0 Å². The third kappa shape index (κ3) is 3.42. The van der Waals surface area contributed by atoms with Gasteiger partial charge < -0.3 is 10.6 Å². The van der Waals surface area contributed by atoms with Crippen molar-refractivity contribution < 1.29 is 4.79 Å². The third-order valence-corrected chi connectivity index (χ3v) is 4.03. The van der Waals surface area contributed by atoms with E-state index >= 15 is 0 Å². The molecule has 0 aromatic heterocycles. The Morgan fingerprint density at radius 2 is 1.82 bits per heavy atom.